The minimum Gasteiger partial charge on any atom is -0.474 e. The molecule has 0 aliphatic heterocycles. The summed E-state index contributed by atoms with van der Waals surface area (Å²) in [6, 6.07) is 3.35. The summed E-state index contributed by atoms with van der Waals surface area (Å²) in [4.78, 5) is 19.7. The summed E-state index contributed by atoms with van der Waals surface area (Å²) in [6.07, 6.45) is -4.55. The quantitative estimate of drug-likeness (QED) is 0.681. The van der Waals surface area contributed by atoms with E-state index in [1.807, 2.05) is 0 Å². The second-order valence-corrected chi connectivity index (χ2v) is 3.62. The van der Waals surface area contributed by atoms with E-state index in [0.29, 0.717) is 0 Å². The molecule has 92 valence electrons. The first kappa shape index (κ1) is 13.3. The van der Waals surface area contributed by atoms with Crippen LogP contribution < -0.4 is 4.74 Å². The van der Waals surface area contributed by atoms with Gasteiger partial charge in [0.25, 0.3) is 0 Å². The molecule has 0 bridgehead atoms. The van der Waals surface area contributed by atoms with Crippen LogP contribution >= 0.6 is 15.9 Å². The number of hydrogen-bond acceptors (Lipinski definition) is 4. The number of para-hydroxylation sites is 1. The second kappa shape index (κ2) is 4.62. The molecule has 0 spiro atoms. The van der Waals surface area contributed by atoms with E-state index in [1.165, 1.54) is 12.1 Å². The SMILES string of the molecule is O=C(O)C(F)(F)Oc1c(Br)cccc1[N+](=O)[O-]. The van der Waals surface area contributed by atoms with Gasteiger partial charge in [-0.3, -0.25) is 10.1 Å². The number of nitro groups is 1. The number of hydrogen-bond donors (Lipinski definition) is 1. The van der Waals surface area contributed by atoms with Gasteiger partial charge in [0, 0.05) is 6.07 Å². The molecular weight excluding hydrogens is 308 g/mol. The molecule has 0 radical (unpaired) electrons. The third-order valence-corrected chi connectivity index (χ3v) is 2.25. The predicted molar refractivity (Wildman–Crippen MR) is 54.0 cm³/mol. The molecule has 0 aliphatic rings. The van der Waals surface area contributed by atoms with Crippen molar-refractivity contribution in [3.63, 3.8) is 0 Å². The number of benzene rings is 1. The van der Waals surface area contributed by atoms with E-state index in [4.69, 9.17) is 5.11 Å². The molecule has 0 atom stereocenters. The lowest BCUT2D eigenvalue weighted by Gasteiger charge is -2.14. The number of nitro benzene ring substituents is 1. The molecule has 0 heterocycles. The van der Waals surface area contributed by atoms with E-state index < -0.39 is 28.4 Å². The third kappa shape index (κ3) is 2.87. The Morgan fingerprint density at radius 1 is 1.53 bits per heavy atom. The highest BCUT2D eigenvalue weighted by Gasteiger charge is 2.44. The van der Waals surface area contributed by atoms with Crippen LogP contribution in [0, 0.1) is 10.1 Å². The van der Waals surface area contributed by atoms with Gasteiger partial charge < -0.3 is 9.84 Å². The van der Waals surface area contributed by atoms with Gasteiger partial charge >= 0.3 is 17.8 Å². The molecule has 0 saturated heterocycles. The van der Waals surface area contributed by atoms with Crippen molar-refractivity contribution in [2.24, 2.45) is 0 Å². The standard InChI is InChI=1S/C8H4BrF2NO5/c9-4-2-1-3-5(12(15)16)6(4)17-8(10,11)7(13)14/h1-3H,(H,13,14). The molecule has 1 N–H and O–H groups in total. The molecular formula is C8H4BrF2NO5. The van der Waals surface area contributed by atoms with Gasteiger partial charge in [0.15, 0.2) is 0 Å². The van der Waals surface area contributed by atoms with Crippen molar-refractivity contribution < 1.29 is 28.3 Å². The van der Waals surface area contributed by atoms with Gasteiger partial charge in [-0.1, -0.05) is 6.07 Å². The Labute approximate surface area is 101 Å². The van der Waals surface area contributed by atoms with Gasteiger partial charge in [0.05, 0.1) is 9.40 Å². The van der Waals surface area contributed by atoms with Crippen LogP contribution in [0.3, 0.4) is 0 Å². The largest absolute Gasteiger partial charge is 0.502 e. The van der Waals surface area contributed by atoms with Crippen LogP contribution in [-0.4, -0.2) is 22.1 Å². The van der Waals surface area contributed by atoms with Crippen molar-refractivity contribution in [1.82, 2.24) is 0 Å². The number of ether oxygens (including phenoxy) is 1. The van der Waals surface area contributed by atoms with E-state index in [-0.39, 0.29) is 4.47 Å². The molecule has 0 fully saturated rings. The normalized spacial score (nSPS) is 11.0. The predicted octanol–water partition coefficient (Wildman–Crippen LogP) is 2.41. The minimum atomic E-state index is -4.55. The number of carbonyl (C=O) groups is 1. The number of aliphatic carboxylic acids is 1. The Bertz CT molecular complexity index is 479. The lowest BCUT2D eigenvalue weighted by molar-refractivity contribution is -0.387. The highest BCUT2D eigenvalue weighted by molar-refractivity contribution is 9.10. The molecule has 0 amide bonds. The first-order valence-electron chi connectivity index (χ1n) is 3.99. The first-order chi connectivity index (χ1) is 7.75. The lowest BCUT2D eigenvalue weighted by Crippen LogP contribution is -2.35. The summed E-state index contributed by atoms with van der Waals surface area (Å²) >= 11 is 2.76. The van der Waals surface area contributed by atoms with Crippen LogP contribution in [0.5, 0.6) is 5.75 Å². The van der Waals surface area contributed by atoms with Gasteiger partial charge in [0.1, 0.15) is 0 Å². The fraction of sp³-hybridized carbons (Fsp3) is 0.125. The maximum Gasteiger partial charge on any atom is 0.502 e. The number of rotatable bonds is 4. The molecule has 0 saturated carbocycles. The maximum atomic E-state index is 12.8. The zero-order valence-corrected chi connectivity index (χ0v) is 9.48. The fourth-order valence-electron chi connectivity index (χ4n) is 0.914. The summed E-state index contributed by atoms with van der Waals surface area (Å²) in [6.45, 7) is 0. The monoisotopic (exact) mass is 311 g/mol. The van der Waals surface area contributed by atoms with Crippen molar-refractivity contribution in [1.29, 1.82) is 0 Å². The van der Waals surface area contributed by atoms with Crippen LogP contribution in [-0.2, 0) is 4.79 Å². The van der Waals surface area contributed by atoms with Gasteiger partial charge in [-0.05, 0) is 22.0 Å². The number of halogens is 3. The Morgan fingerprint density at radius 2 is 2.12 bits per heavy atom. The van der Waals surface area contributed by atoms with Crippen LogP contribution in [0.1, 0.15) is 0 Å². The highest BCUT2D eigenvalue weighted by atomic mass is 79.9. The first-order valence-corrected chi connectivity index (χ1v) is 4.78. The van der Waals surface area contributed by atoms with E-state index in [0.717, 1.165) is 6.07 Å². The average Bonchev–Trinajstić information content (AvgIpc) is 2.20. The maximum absolute atomic E-state index is 12.8. The van der Waals surface area contributed by atoms with E-state index in [9.17, 15) is 23.7 Å². The highest BCUT2D eigenvalue weighted by Crippen LogP contribution is 2.37. The van der Waals surface area contributed by atoms with Crippen molar-refractivity contribution in [2.45, 2.75) is 6.11 Å². The summed E-state index contributed by atoms with van der Waals surface area (Å²) in [5.74, 6) is -3.38. The van der Waals surface area contributed by atoms with Gasteiger partial charge in [-0.15, -0.1) is 0 Å². The Kier molecular flexibility index (Phi) is 3.61. The molecule has 6 nitrogen and oxygen atoms in total. The fourth-order valence-corrected chi connectivity index (χ4v) is 1.35. The lowest BCUT2D eigenvalue weighted by atomic mass is 10.3. The average molecular weight is 312 g/mol. The van der Waals surface area contributed by atoms with Crippen molar-refractivity contribution >= 4 is 27.6 Å². The molecule has 0 aliphatic carbocycles. The van der Waals surface area contributed by atoms with Crippen LogP contribution in [0.25, 0.3) is 0 Å². The van der Waals surface area contributed by atoms with E-state index in [1.54, 1.807) is 0 Å². The second-order valence-electron chi connectivity index (χ2n) is 2.77. The Balaban J connectivity index is 3.22. The van der Waals surface area contributed by atoms with Gasteiger partial charge in [-0.2, -0.15) is 8.78 Å². The number of carboxylic acid groups (broad SMARTS) is 1. The molecule has 1 rings (SSSR count). The van der Waals surface area contributed by atoms with E-state index in [2.05, 4.69) is 20.7 Å². The minimum absolute atomic E-state index is 0.146. The van der Waals surface area contributed by atoms with Crippen LogP contribution in [0.4, 0.5) is 14.5 Å². The smallest absolute Gasteiger partial charge is 0.474 e. The van der Waals surface area contributed by atoms with Crippen LogP contribution in [0.2, 0.25) is 0 Å². The molecule has 9 heteroatoms. The Morgan fingerprint density at radius 3 is 2.59 bits per heavy atom. The van der Waals surface area contributed by atoms with Crippen LogP contribution in [0.15, 0.2) is 22.7 Å². The van der Waals surface area contributed by atoms with Crippen molar-refractivity contribution in [2.75, 3.05) is 0 Å². The van der Waals surface area contributed by atoms with E-state index >= 15 is 0 Å². The van der Waals surface area contributed by atoms with Gasteiger partial charge in [0.2, 0.25) is 5.75 Å². The Hall–Kier alpha value is -1.77. The molecule has 1 aromatic rings. The van der Waals surface area contributed by atoms with Crippen molar-refractivity contribution in [3.8, 4) is 5.75 Å². The summed E-state index contributed by atoms with van der Waals surface area (Å²) in [7, 11) is 0. The molecule has 0 unspecified atom stereocenters. The van der Waals surface area contributed by atoms with Gasteiger partial charge in [-0.25, -0.2) is 4.79 Å². The summed E-state index contributed by atoms with van der Waals surface area (Å²) in [5.41, 5.74) is -0.764. The number of nitrogens with zero attached hydrogens (tertiary/aromatic N) is 1. The summed E-state index contributed by atoms with van der Waals surface area (Å²) in [5, 5.41) is 18.7. The summed E-state index contributed by atoms with van der Waals surface area (Å²) < 4.78 is 29.3. The number of alkyl halides is 2. The van der Waals surface area contributed by atoms with Crippen molar-refractivity contribution in [3.05, 3.63) is 32.8 Å². The number of carboxylic acids is 1. The zero-order valence-electron chi connectivity index (χ0n) is 7.89. The molecule has 0 aromatic heterocycles. The molecule has 17 heavy (non-hydrogen) atoms. The topological polar surface area (TPSA) is 89.7 Å². The molecule has 1 aromatic carbocycles. The third-order valence-electron chi connectivity index (χ3n) is 1.62. The zero-order chi connectivity index (χ0) is 13.2.